The molecule has 4 nitrogen and oxygen atoms in total. The van der Waals surface area contributed by atoms with Gasteiger partial charge in [0, 0.05) is 24.5 Å². The largest absolute Gasteiger partial charge is 0.369 e. The Kier molecular flexibility index (Phi) is 6.97. The molecule has 1 atom stereocenters. The summed E-state index contributed by atoms with van der Waals surface area (Å²) in [4.78, 5) is 16.4. The Hall–Kier alpha value is -2.04. The number of piperidine rings is 1. The Morgan fingerprint density at radius 1 is 0.964 bits per heavy atom. The van der Waals surface area contributed by atoms with Crippen molar-refractivity contribution in [3.8, 4) is 0 Å². The molecular weight excluding hydrogens is 370 g/mol. The zero-order valence-electron chi connectivity index (χ0n) is 16.3. The highest BCUT2D eigenvalue weighted by Gasteiger charge is 2.24. The van der Waals surface area contributed by atoms with Crippen LogP contribution >= 0.6 is 12.4 Å². The minimum atomic E-state index is -0.143. The standard InChI is InChI=1S/C23H29N3O.ClH/c24-23(27)20-9-5-14-25(17-20)15-6-16-26-21-10-3-1-7-18(21)12-13-19-8-2-4-11-22(19)26;/h1-4,7-8,10-11,20H,5-6,9,12-17H2,(H2,24,27);1H. The second-order valence-corrected chi connectivity index (χ2v) is 7.80. The fourth-order valence-corrected chi connectivity index (χ4v) is 4.55. The van der Waals surface area contributed by atoms with Crippen LogP contribution in [0.2, 0.25) is 0 Å². The van der Waals surface area contributed by atoms with Gasteiger partial charge in [0.05, 0.1) is 5.92 Å². The fourth-order valence-electron chi connectivity index (χ4n) is 4.55. The Morgan fingerprint density at radius 3 is 2.18 bits per heavy atom. The zero-order valence-corrected chi connectivity index (χ0v) is 17.2. The van der Waals surface area contributed by atoms with Crippen LogP contribution in [0.1, 0.15) is 30.4 Å². The number of anilines is 2. The van der Waals surface area contributed by atoms with E-state index in [4.69, 9.17) is 5.73 Å². The Balaban J connectivity index is 0.00000225. The van der Waals surface area contributed by atoms with E-state index >= 15 is 0 Å². The van der Waals surface area contributed by atoms with E-state index in [0.717, 1.165) is 58.3 Å². The molecule has 4 rings (SSSR count). The monoisotopic (exact) mass is 399 g/mol. The van der Waals surface area contributed by atoms with Gasteiger partial charge in [-0.3, -0.25) is 4.79 Å². The molecule has 0 spiro atoms. The molecule has 150 valence electrons. The molecule has 1 fully saturated rings. The fraction of sp³-hybridized carbons (Fsp3) is 0.435. The van der Waals surface area contributed by atoms with E-state index in [1.165, 1.54) is 22.5 Å². The third-order valence-electron chi connectivity index (χ3n) is 5.99. The third kappa shape index (κ3) is 4.50. The number of likely N-dealkylation sites (tertiary alicyclic amines) is 1. The zero-order chi connectivity index (χ0) is 18.6. The number of rotatable bonds is 5. The van der Waals surface area contributed by atoms with Gasteiger partial charge in [0.25, 0.3) is 0 Å². The minimum absolute atomic E-state index is 0. The number of benzene rings is 2. The average Bonchev–Trinajstić information content (AvgIpc) is 2.86. The molecule has 1 saturated heterocycles. The number of carbonyl (C=O) groups excluding carboxylic acids is 1. The number of amides is 1. The Morgan fingerprint density at radius 2 is 1.57 bits per heavy atom. The van der Waals surface area contributed by atoms with Gasteiger partial charge in [0.15, 0.2) is 0 Å². The smallest absolute Gasteiger partial charge is 0.221 e. The van der Waals surface area contributed by atoms with E-state index in [1.807, 2.05) is 0 Å². The first-order valence-corrected chi connectivity index (χ1v) is 10.2. The molecule has 0 saturated carbocycles. The number of nitrogens with two attached hydrogens (primary N) is 1. The van der Waals surface area contributed by atoms with Crippen molar-refractivity contribution >= 4 is 29.7 Å². The lowest BCUT2D eigenvalue weighted by atomic mass is 9.97. The van der Waals surface area contributed by atoms with Crippen LogP contribution in [0.15, 0.2) is 48.5 Å². The van der Waals surface area contributed by atoms with E-state index in [9.17, 15) is 4.79 Å². The Labute approximate surface area is 174 Å². The number of nitrogens with zero attached hydrogens (tertiary/aromatic N) is 2. The average molecular weight is 400 g/mol. The highest BCUT2D eigenvalue weighted by Crippen LogP contribution is 2.35. The van der Waals surface area contributed by atoms with Gasteiger partial charge in [-0.15, -0.1) is 12.4 Å². The van der Waals surface area contributed by atoms with Gasteiger partial charge in [-0.05, 0) is 68.5 Å². The van der Waals surface area contributed by atoms with Gasteiger partial charge in [-0.1, -0.05) is 36.4 Å². The van der Waals surface area contributed by atoms with Gasteiger partial charge in [-0.2, -0.15) is 0 Å². The van der Waals surface area contributed by atoms with Crippen molar-refractivity contribution in [1.82, 2.24) is 4.90 Å². The van der Waals surface area contributed by atoms with Crippen molar-refractivity contribution in [1.29, 1.82) is 0 Å². The second-order valence-electron chi connectivity index (χ2n) is 7.80. The summed E-state index contributed by atoms with van der Waals surface area (Å²) in [6, 6.07) is 17.6. The van der Waals surface area contributed by atoms with E-state index in [2.05, 4.69) is 58.3 Å². The molecule has 2 heterocycles. The summed E-state index contributed by atoms with van der Waals surface area (Å²) in [6.45, 7) is 3.91. The van der Waals surface area contributed by atoms with Crippen LogP contribution < -0.4 is 10.6 Å². The van der Waals surface area contributed by atoms with Crippen LogP contribution in [0.3, 0.4) is 0 Å². The summed E-state index contributed by atoms with van der Waals surface area (Å²) in [6.07, 6.45) is 5.28. The summed E-state index contributed by atoms with van der Waals surface area (Å²) in [7, 11) is 0. The number of aryl methyl sites for hydroxylation is 2. The molecule has 28 heavy (non-hydrogen) atoms. The van der Waals surface area contributed by atoms with Crippen LogP contribution in [0, 0.1) is 5.92 Å². The molecule has 2 aliphatic rings. The molecule has 5 heteroatoms. The van der Waals surface area contributed by atoms with Gasteiger partial charge in [0.1, 0.15) is 0 Å². The SMILES string of the molecule is Cl.NC(=O)C1CCCN(CCCN2c3ccccc3CCc3ccccc32)C1. The van der Waals surface area contributed by atoms with E-state index < -0.39 is 0 Å². The maximum atomic E-state index is 11.5. The van der Waals surface area contributed by atoms with Crippen LogP contribution in [-0.2, 0) is 17.6 Å². The number of hydrogen-bond donors (Lipinski definition) is 1. The highest BCUT2D eigenvalue weighted by atomic mass is 35.5. The van der Waals surface area contributed by atoms with Crippen molar-refractivity contribution in [3.05, 3.63) is 59.7 Å². The van der Waals surface area contributed by atoms with E-state index in [0.29, 0.717) is 0 Å². The molecule has 1 unspecified atom stereocenters. The van der Waals surface area contributed by atoms with Crippen molar-refractivity contribution in [2.75, 3.05) is 31.1 Å². The second kappa shape index (κ2) is 9.44. The lowest BCUT2D eigenvalue weighted by Gasteiger charge is -2.32. The topological polar surface area (TPSA) is 49.6 Å². The maximum absolute atomic E-state index is 11.5. The van der Waals surface area contributed by atoms with E-state index in [-0.39, 0.29) is 24.2 Å². The van der Waals surface area contributed by atoms with Crippen LogP contribution in [0.5, 0.6) is 0 Å². The first-order chi connectivity index (χ1) is 13.2. The molecule has 2 aromatic carbocycles. The van der Waals surface area contributed by atoms with Crippen molar-refractivity contribution in [3.63, 3.8) is 0 Å². The molecule has 0 aliphatic carbocycles. The van der Waals surface area contributed by atoms with Crippen molar-refractivity contribution in [2.24, 2.45) is 11.7 Å². The van der Waals surface area contributed by atoms with Crippen LogP contribution in [0.25, 0.3) is 0 Å². The highest BCUT2D eigenvalue weighted by molar-refractivity contribution is 5.85. The molecule has 0 radical (unpaired) electrons. The van der Waals surface area contributed by atoms with Gasteiger partial charge in [-0.25, -0.2) is 0 Å². The third-order valence-corrected chi connectivity index (χ3v) is 5.99. The van der Waals surface area contributed by atoms with Gasteiger partial charge in [0.2, 0.25) is 5.91 Å². The number of halogens is 1. The lowest BCUT2D eigenvalue weighted by Crippen LogP contribution is -2.42. The molecule has 0 aromatic heterocycles. The number of hydrogen-bond acceptors (Lipinski definition) is 3. The number of primary amides is 1. The van der Waals surface area contributed by atoms with Crippen molar-refractivity contribution < 1.29 is 4.79 Å². The summed E-state index contributed by atoms with van der Waals surface area (Å²) in [5, 5.41) is 0. The first-order valence-electron chi connectivity index (χ1n) is 10.2. The number of fused-ring (bicyclic) bond motifs is 2. The van der Waals surface area contributed by atoms with E-state index in [1.54, 1.807) is 0 Å². The molecule has 2 aromatic rings. The van der Waals surface area contributed by atoms with Crippen LogP contribution in [0.4, 0.5) is 11.4 Å². The predicted molar refractivity (Wildman–Crippen MR) is 118 cm³/mol. The maximum Gasteiger partial charge on any atom is 0.221 e. The first kappa shape index (κ1) is 20.7. The molecule has 0 bridgehead atoms. The Bertz CT molecular complexity index is 762. The molecule has 2 aliphatic heterocycles. The molecule has 2 N–H and O–H groups in total. The van der Waals surface area contributed by atoms with Crippen LogP contribution in [-0.4, -0.2) is 37.0 Å². The minimum Gasteiger partial charge on any atom is -0.369 e. The predicted octanol–water partition coefficient (Wildman–Crippen LogP) is 3.93. The number of para-hydroxylation sites is 2. The summed E-state index contributed by atoms with van der Waals surface area (Å²) in [5.41, 5.74) is 11.1. The van der Waals surface area contributed by atoms with Gasteiger partial charge < -0.3 is 15.5 Å². The molecule has 1 amide bonds. The lowest BCUT2D eigenvalue weighted by molar-refractivity contribution is -0.123. The summed E-state index contributed by atoms with van der Waals surface area (Å²) in [5.74, 6) is -0.117. The van der Waals surface area contributed by atoms with Gasteiger partial charge >= 0.3 is 0 Å². The number of carbonyl (C=O) groups is 1. The summed E-state index contributed by atoms with van der Waals surface area (Å²) < 4.78 is 0. The van der Waals surface area contributed by atoms with Crippen molar-refractivity contribution in [2.45, 2.75) is 32.1 Å². The molecular formula is C23H30ClN3O. The normalized spacial score (nSPS) is 19.1. The summed E-state index contributed by atoms with van der Waals surface area (Å²) >= 11 is 0. The quantitative estimate of drug-likeness (QED) is 0.828.